The Hall–Kier alpha value is -3.68. The number of nitrogens with one attached hydrogen (secondary N) is 3. The number of hydrogen-bond acceptors (Lipinski definition) is 5. The van der Waals surface area contributed by atoms with Crippen LogP contribution >= 0.6 is 0 Å². The SMILES string of the molecule is CCc1ccccc1NC(=O)CNC(=O)COC(=O)c1n[nH]c2ccccc12. The fraction of sp³-hybridized carbons (Fsp3) is 0.200. The van der Waals surface area contributed by atoms with E-state index in [0.29, 0.717) is 16.6 Å². The molecule has 3 rings (SSSR count). The van der Waals surface area contributed by atoms with Gasteiger partial charge in [0.15, 0.2) is 12.3 Å². The number of aryl methyl sites for hydroxylation is 1. The molecule has 0 atom stereocenters. The summed E-state index contributed by atoms with van der Waals surface area (Å²) < 4.78 is 4.98. The van der Waals surface area contributed by atoms with Crippen LogP contribution in [0, 0.1) is 0 Å². The molecule has 0 bridgehead atoms. The van der Waals surface area contributed by atoms with Gasteiger partial charge in [0.2, 0.25) is 5.91 Å². The standard InChI is InChI=1S/C20H20N4O4/c1-2-13-7-3-5-9-15(13)22-17(25)11-21-18(26)12-28-20(27)19-14-8-4-6-10-16(14)23-24-19/h3-10H,2,11-12H2,1H3,(H,21,26)(H,22,25)(H,23,24). The first-order valence-corrected chi connectivity index (χ1v) is 8.83. The first-order chi connectivity index (χ1) is 13.6. The second-order valence-electron chi connectivity index (χ2n) is 6.03. The Morgan fingerprint density at radius 3 is 2.61 bits per heavy atom. The van der Waals surface area contributed by atoms with E-state index in [2.05, 4.69) is 20.8 Å². The summed E-state index contributed by atoms with van der Waals surface area (Å²) in [7, 11) is 0. The minimum Gasteiger partial charge on any atom is -0.451 e. The summed E-state index contributed by atoms with van der Waals surface area (Å²) in [6, 6.07) is 14.5. The Morgan fingerprint density at radius 2 is 1.79 bits per heavy atom. The van der Waals surface area contributed by atoms with Gasteiger partial charge in [0.05, 0.1) is 12.1 Å². The molecule has 0 fully saturated rings. The molecule has 3 aromatic rings. The Labute approximate surface area is 161 Å². The van der Waals surface area contributed by atoms with E-state index in [-0.39, 0.29) is 18.1 Å². The van der Waals surface area contributed by atoms with E-state index in [1.165, 1.54) is 0 Å². The Bertz CT molecular complexity index is 1010. The van der Waals surface area contributed by atoms with Gasteiger partial charge < -0.3 is 15.4 Å². The summed E-state index contributed by atoms with van der Waals surface area (Å²) in [5.74, 6) is -1.65. The largest absolute Gasteiger partial charge is 0.451 e. The Balaban J connectivity index is 1.46. The molecule has 2 amide bonds. The van der Waals surface area contributed by atoms with Gasteiger partial charge in [-0.2, -0.15) is 5.10 Å². The highest BCUT2D eigenvalue weighted by atomic mass is 16.5. The number of ether oxygens (including phenoxy) is 1. The number of H-pyrrole nitrogens is 1. The Morgan fingerprint density at radius 1 is 1.04 bits per heavy atom. The van der Waals surface area contributed by atoms with E-state index in [4.69, 9.17) is 4.74 Å². The van der Waals surface area contributed by atoms with E-state index >= 15 is 0 Å². The van der Waals surface area contributed by atoms with Gasteiger partial charge in [0.1, 0.15) is 0 Å². The fourth-order valence-corrected chi connectivity index (χ4v) is 2.69. The number of amides is 2. The van der Waals surface area contributed by atoms with E-state index in [0.717, 1.165) is 12.0 Å². The van der Waals surface area contributed by atoms with Crippen LogP contribution in [0.15, 0.2) is 48.5 Å². The summed E-state index contributed by atoms with van der Waals surface area (Å²) in [6.45, 7) is 1.27. The molecule has 28 heavy (non-hydrogen) atoms. The molecule has 0 spiro atoms. The van der Waals surface area contributed by atoms with Gasteiger partial charge >= 0.3 is 5.97 Å². The van der Waals surface area contributed by atoms with E-state index in [1.807, 2.05) is 31.2 Å². The van der Waals surface area contributed by atoms with Crippen LogP contribution in [0.1, 0.15) is 23.0 Å². The highest BCUT2D eigenvalue weighted by molar-refractivity contribution is 6.02. The highest BCUT2D eigenvalue weighted by Crippen LogP contribution is 2.16. The molecule has 3 N–H and O–H groups in total. The van der Waals surface area contributed by atoms with Crippen molar-refractivity contribution in [3.8, 4) is 0 Å². The van der Waals surface area contributed by atoms with Gasteiger partial charge in [-0.1, -0.05) is 43.3 Å². The van der Waals surface area contributed by atoms with E-state index in [9.17, 15) is 14.4 Å². The van der Waals surface area contributed by atoms with Crippen LogP contribution in [0.2, 0.25) is 0 Å². The van der Waals surface area contributed by atoms with Crippen molar-refractivity contribution in [2.45, 2.75) is 13.3 Å². The minimum absolute atomic E-state index is 0.109. The predicted molar refractivity (Wildman–Crippen MR) is 104 cm³/mol. The third-order valence-electron chi connectivity index (χ3n) is 4.12. The molecule has 2 aromatic carbocycles. The summed E-state index contributed by atoms with van der Waals surface area (Å²) >= 11 is 0. The number of aromatic nitrogens is 2. The molecule has 0 unspecified atom stereocenters. The molecule has 1 heterocycles. The zero-order valence-electron chi connectivity index (χ0n) is 15.3. The maximum Gasteiger partial charge on any atom is 0.359 e. The van der Waals surface area contributed by atoms with E-state index in [1.54, 1.807) is 24.3 Å². The average Bonchev–Trinajstić information content (AvgIpc) is 3.15. The van der Waals surface area contributed by atoms with Crippen molar-refractivity contribution in [2.75, 3.05) is 18.5 Å². The van der Waals surface area contributed by atoms with Crippen molar-refractivity contribution in [3.63, 3.8) is 0 Å². The lowest BCUT2D eigenvalue weighted by Gasteiger charge is -2.10. The monoisotopic (exact) mass is 380 g/mol. The Kier molecular flexibility index (Phi) is 6.01. The van der Waals surface area contributed by atoms with Crippen LogP contribution in [-0.4, -0.2) is 41.1 Å². The molecule has 8 heteroatoms. The van der Waals surface area contributed by atoms with Gasteiger partial charge in [-0.15, -0.1) is 0 Å². The van der Waals surface area contributed by atoms with Gasteiger partial charge in [-0.05, 0) is 24.1 Å². The van der Waals surface area contributed by atoms with E-state index < -0.39 is 18.5 Å². The predicted octanol–water partition coefficient (Wildman–Crippen LogP) is 2.04. The lowest BCUT2D eigenvalue weighted by atomic mass is 10.1. The second-order valence-corrected chi connectivity index (χ2v) is 6.03. The normalized spacial score (nSPS) is 10.5. The molecule has 144 valence electrons. The molecular formula is C20H20N4O4. The summed E-state index contributed by atoms with van der Waals surface area (Å²) in [4.78, 5) is 36.0. The number of nitrogens with zero attached hydrogens (tertiary/aromatic N) is 1. The second kappa shape index (κ2) is 8.81. The number of rotatable bonds is 7. The number of hydrogen-bond donors (Lipinski definition) is 3. The third kappa shape index (κ3) is 4.53. The van der Waals surface area contributed by atoms with Crippen molar-refractivity contribution >= 4 is 34.4 Å². The zero-order valence-corrected chi connectivity index (χ0v) is 15.3. The lowest BCUT2D eigenvalue weighted by molar-refractivity contribution is -0.126. The summed E-state index contributed by atoms with van der Waals surface area (Å²) in [6.07, 6.45) is 0.778. The number of aromatic amines is 1. The van der Waals surface area contributed by atoms with Crippen molar-refractivity contribution in [1.82, 2.24) is 15.5 Å². The van der Waals surface area contributed by atoms with Crippen LogP contribution in [0.5, 0.6) is 0 Å². The minimum atomic E-state index is -0.714. The van der Waals surface area contributed by atoms with Crippen LogP contribution in [0.25, 0.3) is 10.9 Å². The first kappa shape index (κ1) is 19.1. The molecule has 0 aliphatic carbocycles. The number of fused-ring (bicyclic) bond motifs is 1. The maximum atomic E-state index is 12.1. The topological polar surface area (TPSA) is 113 Å². The summed E-state index contributed by atoms with van der Waals surface area (Å²) in [5.41, 5.74) is 2.52. The molecule has 0 radical (unpaired) electrons. The number of anilines is 1. The number of benzene rings is 2. The van der Waals surface area contributed by atoms with Crippen LogP contribution in [0.3, 0.4) is 0 Å². The van der Waals surface area contributed by atoms with Crippen LogP contribution < -0.4 is 10.6 Å². The highest BCUT2D eigenvalue weighted by Gasteiger charge is 2.17. The van der Waals surface area contributed by atoms with Gasteiger partial charge in [0, 0.05) is 11.1 Å². The number of para-hydroxylation sites is 2. The van der Waals surface area contributed by atoms with Gasteiger partial charge in [-0.25, -0.2) is 4.79 Å². The van der Waals surface area contributed by atoms with Crippen molar-refractivity contribution in [3.05, 3.63) is 59.8 Å². The van der Waals surface area contributed by atoms with Crippen molar-refractivity contribution in [2.24, 2.45) is 0 Å². The van der Waals surface area contributed by atoms with Crippen LogP contribution in [0.4, 0.5) is 5.69 Å². The summed E-state index contributed by atoms with van der Waals surface area (Å²) in [5, 5.41) is 12.4. The molecule has 0 aliphatic rings. The van der Waals surface area contributed by atoms with Gasteiger partial charge in [0.25, 0.3) is 5.91 Å². The smallest absolute Gasteiger partial charge is 0.359 e. The van der Waals surface area contributed by atoms with Gasteiger partial charge in [-0.3, -0.25) is 14.7 Å². The average molecular weight is 380 g/mol. The van der Waals surface area contributed by atoms with Crippen molar-refractivity contribution in [1.29, 1.82) is 0 Å². The third-order valence-corrected chi connectivity index (χ3v) is 4.12. The lowest BCUT2D eigenvalue weighted by Crippen LogP contribution is -2.35. The first-order valence-electron chi connectivity index (χ1n) is 8.83. The zero-order chi connectivity index (χ0) is 19.9. The molecule has 0 saturated carbocycles. The molecule has 1 aromatic heterocycles. The fourth-order valence-electron chi connectivity index (χ4n) is 2.69. The molecule has 0 aliphatic heterocycles. The number of carbonyl (C=O) groups excluding carboxylic acids is 3. The number of esters is 1. The quantitative estimate of drug-likeness (QED) is 0.543. The maximum absolute atomic E-state index is 12.1. The molecular weight excluding hydrogens is 360 g/mol. The van der Waals surface area contributed by atoms with Crippen molar-refractivity contribution < 1.29 is 19.1 Å². The number of carbonyl (C=O) groups is 3. The van der Waals surface area contributed by atoms with Crippen LogP contribution in [-0.2, 0) is 20.7 Å². The molecule has 0 saturated heterocycles. The molecule has 8 nitrogen and oxygen atoms in total.